The maximum atomic E-state index is 11.0. The topological polar surface area (TPSA) is 46.3 Å². The molecule has 1 heterocycles. The fraction of sp³-hybridized carbons (Fsp3) is 0.778. The van der Waals surface area contributed by atoms with Crippen molar-refractivity contribution in [3.8, 4) is 0 Å². The van der Waals surface area contributed by atoms with E-state index in [2.05, 4.69) is 18.7 Å². The summed E-state index contributed by atoms with van der Waals surface area (Å²) in [6.45, 7) is 5.17. The van der Waals surface area contributed by atoms with Crippen LogP contribution in [0.15, 0.2) is 0 Å². The summed E-state index contributed by atoms with van der Waals surface area (Å²) in [6.07, 6.45) is 4.17. The van der Waals surface area contributed by atoms with E-state index in [1.807, 2.05) is 6.42 Å². The molecule has 0 aromatic carbocycles. The van der Waals surface area contributed by atoms with E-state index < -0.39 is 0 Å². The predicted octanol–water partition coefficient (Wildman–Crippen LogP) is 0.549. The molecule has 1 saturated heterocycles. The van der Waals surface area contributed by atoms with E-state index in [1.54, 1.807) is 0 Å². The van der Waals surface area contributed by atoms with Crippen LogP contribution in [0.1, 0.15) is 26.7 Å². The molecule has 1 radical (unpaired) electrons. The lowest BCUT2D eigenvalue weighted by Crippen LogP contribution is -2.50. The molecule has 1 amide bonds. The van der Waals surface area contributed by atoms with Crippen LogP contribution < -0.4 is 5.73 Å². The molecular formula is C9H17N2O. The van der Waals surface area contributed by atoms with Crippen molar-refractivity contribution in [2.45, 2.75) is 38.8 Å². The number of primary amides is 1. The maximum absolute atomic E-state index is 11.0. The van der Waals surface area contributed by atoms with Crippen molar-refractivity contribution < 1.29 is 4.79 Å². The van der Waals surface area contributed by atoms with Gasteiger partial charge in [-0.1, -0.05) is 0 Å². The van der Waals surface area contributed by atoms with Crippen molar-refractivity contribution in [2.75, 3.05) is 6.54 Å². The third-order valence-corrected chi connectivity index (χ3v) is 2.32. The molecule has 12 heavy (non-hydrogen) atoms. The average molecular weight is 169 g/mol. The van der Waals surface area contributed by atoms with E-state index in [4.69, 9.17) is 5.73 Å². The Balaban J connectivity index is 2.60. The summed E-state index contributed by atoms with van der Waals surface area (Å²) >= 11 is 0. The van der Waals surface area contributed by atoms with Crippen LogP contribution in [0, 0.1) is 6.42 Å². The Bertz CT molecular complexity index is 168. The molecule has 69 valence electrons. The molecular weight excluding hydrogens is 152 g/mol. The molecule has 3 nitrogen and oxygen atoms in total. The van der Waals surface area contributed by atoms with Gasteiger partial charge in [0.25, 0.3) is 0 Å². The number of amides is 1. The molecule has 1 atom stereocenters. The van der Waals surface area contributed by atoms with Crippen LogP contribution in [0.4, 0.5) is 0 Å². The second-order valence-electron chi connectivity index (χ2n) is 3.56. The SMILES string of the molecule is CC(C)N1CCC[CH]C1C(N)=O. The Kier molecular flexibility index (Phi) is 3.09. The van der Waals surface area contributed by atoms with Gasteiger partial charge in [-0.15, -0.1) is 0 Å². The Morgan fingerprint density at radius 2 is 2.33 bits per heavy atom. The lowest BCUT2D eigenvalue weighted by atomic mass is 10.00. The van der Waals surface area contributed by atoms with Gasteiger partial charge in [-0.25, -0.2) is 0 Å². The monoisotopic (exact) mass is 169 g/mol. The molecule has 3 heteroatoms. The van der Waals surface area contributed by atoms with E-state index in [0.717, 1.165) is 19.4 Å². The second kappa shape index (κ2) is 3.90. The first-order valence-electron chi connectivity index (χ1n) is 4.51. The van der Waals surface area contributed by atoms with E-state index in [-0.39, 0.29) is 11.9 Å². The van der Waals surface area contributed by atoms with Crippen molar-refractivity contribution >= 4 is 5.91 Å². The minimum Gasteiger partial charge on any atom is -0.368 e. The zero-order valence-electron chi connectivity index (χ0n) is 7.79. The molecule has 0 saturated carbocycles. The minimum atomic E-state index is -0.219. The van der Waals surface area contributed by atoms with Crippen LogP contribution in [-0.2, 0) is 4.79 Å². The first kappa shape index (κ1) is 9.52. The first-order chi connectivity index (χ1) is 5.63. The molecule has 0 aromatic rings. The van der Waals surface area contributed by atoms with Crippen molar-refractivity contribution in [1.82, 2.24) is 4.90 Å². The highest BCUT2D eigenvalue weighted by molar-refractivity contribution is 5.81. The summed E-state index contributed by atoms with van der Waals surface area (Å²) in [4.78, 5) is 13.2. The zero-order chi connectivity index (χ0) is 9.14. The Labute approximate surface area is 73.9 Å². The predicted molar refractivity (Wildman–Crippen MR) is 48.4 cm³/mol. The summed E-state index contributed by atoms with van der Waals surface area (Å²) in [5, 5.41) is 0. The smallest absolute Gasteiger partial charge is 0.235 e. The maximum Gasteiger partial charge on any atom is 0.235 e. The number of hydrogen-bond donors (Lipinski definition) is 1. The van der Waals surface area contributed by atoms with Crippen LogP contribution in [0.3, 0.4) is 0 Å². The molecule has 2 N–H and O–H groups in total. The first-order valence-corrected chi connectivity index (χ1v) is 4.51. The standard InChI is InChI=1S/C9H17N2O/c1-7(2)11-6-4-3-5-8(11)9(10)12/h5,7-8H,3-4,6H2,1-2H3,(H2,10,12). The summed E-state index contributed by atoms with van der Waals surface area (Å²) in [5.74, 6) is -0.219. The van der Waals surface area contributed by atoms with Crippen molar-refractivity contribution in [2.24, 2.45) is 5.73 Å². The van der Waals surface area contributed by atoms with E-state index in [9.17, 15) is 4.79 Å². The van der Waals surface area contributed by atoms with Gasteiger partial charge in [0.1, 0.15) is 0 Å². The number of piperidine rings is 1. The minimum absolute atomic E-state index is 0.140. The number of hydrogen-bond acceptors (Lipinski definition) is 2. The van der Waals surface area contributed by atoms with Gasteiger partial charge in [0.15, 0.2) is 0 Å². The highest BCUT2D eigenvalue weighted by Crippen LogP contribution is 2.17. The molecule has 1 rings (SSSR count). The zero-order valence-corrected chi connectivity index (χ0v) is 7.79. The Morgan fingerprint density at radius 3 is 2.75 bits per heavy atom. The summed E-state index contributed by atoms with van der Waals surface area (Å²) < 4.78 is 0. The number of nitrogens with zero attached hydrogens (tertiary/aromatic N) is 1. The fourth-order valence-electron chi connectivity index (χ4n) is 1.68. The summed E-state index contributed by atoms with van der Waals surface area (Å²) in [6, 6.07) is 0.262. The molecule has 1 fully saturated rings. The number of carbonyl (C=O) groups is 1. The third-order valence-electron chi connectivity index (χ3n) is 2.32. The lowest BCUT2D eigenvalue weighted by Gasteiger charge is -2.36. The lowest BCUT2D eigenvalue weighted by molar-refractivity contribution is -0.123. The molecule has 0 aliphatic carbocycles. The quantitative estimate of drug-likeness (QED) is 0.656. The largest absolute Gasteiger partial charge is 0.368 e. The summed E-state index contributed by atoms with van der Waals surface area (Å²) in [7, 11) is 0. The van der Waals surface area contributed by atoms with Crippen LogP contribution in [-0.4, -0.2) is 29.4 Å². The van der Waals surface area contributed by atoms with Crippen LogP contribution >= 0.6 is 0 Å². The average Bonchev–Trinajstić information content (AvgIpc) is 2.04. The summed E-state index contributed by atoms with van der Waals surface area (Å²) in [5.41, 5.74) is 5.28. The van der Waals surface area contributed by atoms with Crippen LogP contribution in [0.25, 0.3) is 0 Å². The van der Waals surface area contributed by atoms with Gasteiger partial charge in [-0.2, -0.15) is 0 Å². The van der Waals surface area contributed by atoms with Crippen molar-refractivity contribution in [1.29, 1.82) is 0 Å². The number of rotatable bonds is 2. The normalized spacial score (nSPS) is 26.1. The van der Waals surface area contributed by atoms with Crippen molar-refractivity contribution in [3.05, 3.63) is 6.42 Å². The second-order valence-corrected chi connectivity index (χ2v) is 3.56. The van der Waals surface area contributed by atoms with Gasteiger partial charge >= 0.3 is 0 Å². The highest BCUT2D eigenvalue weighted by atomic mass is 16.1. The van der Waals surface area contributed by atoms with Crippen LogP contribution in [0.5, 0.6) is 0 Å². The third kappa shape index (κ3) is 1.97. The van der Waals surface area contributed by atoms with Gasteiger partial charge in [-0.3, -0.25) is 9.69 Å². The highest BCUT2D eigenvalue weighted by Gasteiger charge is 2.28. The Hall–Kier alpha value is -0.570. The molecule has 0 aromatic heterocycles. The van der Waals surface area contributed by atoms with E-state index >= 15 is 0 Å². The van der Waals surface area contributed by atoms with Crippen LogP contribution in [0.2, 0.25) is 0 Å². The molecule has 0 spiro atoms. The number of nitrogens with two attached hydrogens (primary N) is 1. The Morgan fingerprint density at radius 1 is 1.67 bits per heavy atom. The van der Waals surface area contributed by atoms with E-state index in [1.165, 1.54) is 0 Å². The van der Waals surface area contributed by atoms with Gasteiger partial charge in [0, 0.05) is 6.04 Å². The number of likely N-dealkylation sites (tertiary alicyclic amines) is 1. The molecule has 0 bridgehead atoms. The fourth-order valence-corrected chi connectivity index (χ4v) is 1.68. The van der Waals surface area contributed by atoms with E-state index in [0.29, 0.717) is 6.04 Å². The van der Waals surface area contributed by atoms with Gasteiger partial charge in [-0.05, 0) is 39.7 Å². The number of carbonyl (C=O) groups excluding carboxylic acids is 1. The molecule has 1 aliphatic rings. The van der Waals surface area contributed by atoms with Gasteiger partial charge in [0.2, 0.25) is 5.91 Å². The van der Waals surface area contributed by atoms with Gasteiger partial charge in [0.05, 0.1) is 6.04 Å². The molecule has 1 unspecified atom stereocenters. The van der Waals surface area contributed by atoms with Gasteiger partial charge < -0.3 is 5.73 Å². The molecule has 1 aliphatic heterocycles. The van der Waals surface area contributed by atoms with Crippen molar-refractivity contribution in [3.63, 3.8) is 0 Å².